The van der Waals surface area contributed by atoms with Crippen LogP contribution in [0.15, 0.2) is 18.2 Å². The minimum atomic E-state index is 0.414. The molecule has 1 saturated heterocycles. The molecular weight excluding hydrogens is 264 g/mol. The number of hydrogen-bond acceptors (Lipinski definition) is 4. The van der Waals surface area contributed by atoms with Crippen molar-refractivity contribution < 1.29 is 9.47 Å². The molecule has 1 aromatic carbocycles. The Kier molecular flexibility index (Phi) is 6.33. The first-order valence-corrected chi connectivity index (χ1v) is 7.97. The van der Waals surface area contributed by atoms with Gasteiger partial charge in [0.2, 0.25) is 0 Å². The van der Waals surface area contributed by atoms with Gasteiger partial charge in [0.15, 0.2) is 11.5 Å². The number of ether oxygens (including phenoxy) is 2. The molecule has 1 aromatic rings. The highest BCUT2D eigenvalue weighted by molar-refractivity contribution is 5.48. The van der Waals surface area contributed by atoms with Crippen molar-refractivity contribution in [1.82, 2.24) is 10.2 Å². The number of para-hydroxylation sites is 1. The molecule has 4 nitrogen and oxygen atoms in total. The molecule has 21 heavy (non-hydrogen) atoms. The molecule has 0 radical (unpaired) electrons. The van der Waals surface area contributed by atoms with E-state index in [4.69, 9.17) is 9.47 Å². The van der Waals surface area contributed by atoms with Gasteiger partial charge >= 0.3 is 0 Å². The fourth-order valence-corrected chi connectivity index (χ4v) is 3.10. The number of methoxy groups -OCH3 is 2. The second-order valence-corrected chi connectivity index (χ2v) is 5.53. The van der Waals surface area contributed by atoms with Gasteiger partial charge in [0, 0.05) is 37.8 Å². The van der Waals surface area contributed by atoms with Crippen LogP contribution in [-0.2, 0) is 0 Å². The maximum Gasteiger partial charge on any atom is 0.165 e. The lowest BCUT2D eigenvalue weighted by atomic mass is 9.97. The van der Waals surface area contributed by atoms with Crippen LogP contribution in [-0.4, -0.2) is 45.3 Å². The lowest BCUT2D eigenvalue weighted by Crippen LogP contribution is -2.45. The van der Waals surface area contributed by atoms with E-state index >= 15 is 0 Å². The van der Waals surface area contributed by atoms with Crippen LogP contribution in [0.5, 0.6) is 11.5 Å². The SMILES string of the molecule is CCCCC(c1cccc(OC)c1OC)N1CCNCC1. The van der Waals surface area contributed by atoms with Gasteiger partial charge in [0.05, 0.1) is 14.2 Å². The smallest absolute Gasteiger partial charge is 0.165 e. The maximum atomic E-state index is 5.65. The van der Waals surface area contributed by atoms with Gasteiger partial charge in [-0.15, -0.1) is 0 Å². The molecule has 0 aliphatic carbocycles. The van der Waals surface area contributed by atoms with Crippen molar-refractivity contribution in [2.24, 2.45) is 0 Å². The average Bonchev–Trinajstić information content (AvgIpc) is 2.55. The van der Waals surface area contributed by atoms with Crippen molar-refractivity contribution in [3.8, 4) is 11.5 Å². The maximum absolute atomic E-state index is 5.65. The van der Waals surface area contributed by atoms with Gasteiger partial charge in [-0.1, -0.05) is 31.9 Å². The largest absolute Gasteiger partial charge is 0.493 e. The highest BCUT2D eigenvalue weighted by atomic mass is 16.5. The minimum Gasteiger partial charge on any atom is -0.493 e. The molecule has 1 aliphatic rings. The van der Waals surface area contributed by atoms with E-state index in [1.54, 1.807) is 14.2 Å². The summed E-state index contributed by atoms with van der Waals surface area (Å²) in [6.45, 7) is 6.56. The van der Waals surface area contributed by atoms with E-state index in [1.165, 1.54) is 24.8 Å². The Morgan fingerprint density at radius 2 is 1.95 bits per heavy atom. The van der Waals surface area contributed by atoms with Crippen molar-refractivity contribution in [1.29, 1.82) is 0 Å². The predicted octanol–water partition coefficient (Wildman–Crippen LogP) is 2.84. The average molecular weight is 292 g/mol. The van der Waals surface area contributed by atoms with Crippen molar-refractivity contribution in [2.45, 2.75) is 32.2 Å². The summed E-state index contributed by atoms with van der Waals surface area (Å²) in [6.07, 6.45) is 3.61. The zero-order chi connectivity index (χ0) is 15.1. The van der Waals surface area contributed by atoms with Crippen molar-refractivity contribution in [3.63, 3.8) is 0 Å². The Balaban J connectivity index is 2.30. The van der Waals surface area contributed by atoms with Crippen molar-refractivity contribution >= 4 is 0 Å². The van der Waals surface area contributed by atoms with E-state index in [2.05, 4.69) is 29.3 Å². The molecule has 1 unspecified atom stereocenters. The van der Waals surface area contributed by atoms with Gasteiger partial charge in [-0.05, 0) is 12.5 Å². The molecular formula is C17H28N2O2. The van der Waals surface area contributed by atoms with E-state index in [-0.39, 0.29) is 0 Å². The highest BCUT2D eigenvalue weighted by Crippen LogP contribution is 2.39. The number of piperazine rings is 1. The Bertz CT molecular complexity index is 431. The molecule has 1 N–H and O–H groups in total. The topological polar surface area (TPSA) is 33.7 Å². The molecule has 1 aliphatic heterocycles. The summed E-state index contributed by atoms with van der Waals surface area (Å²) in [4.78, 5) is 2.57. The number of hydrogen-bond donors (Lipinski definition) is 1. The Hall–Kier alpha value is -1.26. The van der Waals surface area contributed by atoms with Crippen molar-refractivity contribution in [2.75, 3.05) is 40.4 Å². The monoisotopic (exact) mass is 292 g/mol. The summed E-state index contributed by atoms with van der Waals surface area (Å²) >= 11 is 0. The van der Waals surface area contributed by atoms with Crippen LogP contribution in [0.4, 0.5) is 0 Å². The molecule has 0 bridgehead atoms. The fourth-order valence-electron chi connectivity index (χ4n) is 3.10. The second kappa shape index (κ2) is 8.25. The van der Waals surface area contributed by atoms with E-state index in [0.29, 0.717) is 6.04 Å². The van der Waals surface area contributed by atoms with Crippen LogP contribution >= 0.6 is 0 Å². The van der Waals surface area contributed by atoms with Crippen LogP contribution in [0, 0.1) is 0 Å². The summed E-state index contributed by atoms with van der Waals surface area (Å²) in [5.74, 6) is 1.71. The predicted molar refractivity (Wildman–Crippen MR) is 86.3 cm³/mol. The number of unbranched alkanes of at least 4 members (excludes halogenated alkanes) is 1. The molecule has 0 aromatic heterocycles. The van der Waals surface area contributed by atoms with E-state index in [1.807, 2.05) is 6.07 Å². The number of nitrogens with zero attached hydrogens (tertiary/aromatic N) is 1. The molecule has 1 fully saturated rings. The zero-order valence-electron chi connectivity index (χ0n) is 13.5. The van der Waals surface area contributed by atoms with Crippen LogP contribution in [0.25, 0.3) is 0 Å². The molecule has 0 spiro atoms. The van der Waals surface area contributed by atoms with E-state index in [9.17, 15) is 0 Å². The number of rotatable bonds is 7. The Labute approximate surface area is 128 Å². The summed E-state index contributed by atoms with van der Waals surface area (Å²) < 4.78 is 11.1. The quantitative estimate of drug-likeness (QED) is 0.838. The third-order valence-corrected chi connectivity index (χ3v) is 4.22. The lowest BCUT2D eigenvalue weighted by molar-refractivity contribution is 0.160. The summed E-state index contributed by atoms with van der Waals surface area (Å²) in [7, 11) is 3.43. The molecule has 118 valence electrons. The molecule has 0 amide bonds. The van der Waals surface area contributed by atoms with Gasteiger partial charge in [-0.2, -0.15) is 0 Å². The van der Waals surface area contributed by atoms with E-state index in [0.717, 1.165) is 37.7 Å². The second-order valence-electron chi connectivity index (χ2n) is 5.53. The first-order chi connectivity index (χ1) is 10.3. The molecule has 0 saturated carbocycles. The summed E-state index contributed by atoms with van der Waals surface area (Å²) in [6, 6.07) is 6.63. The van der Waals surface area contributed by atoms with Gasteiger partial charge in [0.25, 0.3) is 0 Å². The zero-order valence-corrected chi connectivity index (χ0v) is 13.5. The Morgan fingerprint density at radius 3 is 2.57 bits per heavy atom. The minimum absolute atomic E-state index is 0.414. The van der Waals surface area contributed by atoms with Gasteiger partial charge in [-0.25, -0.2) is 0 Å². The van der Waals surface area contributed by atoms with Crippen LogP contribution < -0.4 is 14.8 Å². The first-order valence-electron chi connectivity index (χ1n) is 7.97. The van der Waals surface area contributed by atoms with Crippen LogP contribution in [0.1, 0.15) is 37.8 Å². The summed E-state index contributed by atoms with van der Waals surface area (Å²) in [5, 5.41) is 3.43. The molecule has 1 heterocycles. The van der Waals surface area contributed by atoms with Gasteiger partial charge in [-0.3, -0.25) is 4.90 Å². The van der Waals surface area contributed by atoms with Gasteiger partial charge < -0.3 is 14.8 Å². The number of nitrogens with one attached hydrogen (secondary N) is 1. The third kappa shape index (κ3) is 3.89. The normalized spacial score (nSPS) is 17.5. The van der Waals surface area contributed by atoms with Crippen LogP contribution in [0.2, 0.25) is 0 Å². The fraction of sp³-hybridized carbons (Fsp3) is 0.647. The third-order valence-electron chi connectivity index (χ3n) is 4.22. The molecule has 2 rings (SSSR count). The highest BCUT2D eigenvalue weighted by Gasteiger charge is 2.25. The van der Waals surface area contributed by atoms with Crippen molar-refractivity contribution in [3.05, 3.63) is 23.8 Å². The van der Waals surface area contributed by atoms with Gasteiger partial charge in [0.1, 0.15) is 0 Å². The number of benzene rings is 1. The molecule has 1 atom stereocenters. The Morgan fingerprint density at radius 1 is 1.19 bits per heavy atom. The lowest BCUT2D eigenvalue weighted by Gasteiger charge is -2.36. The first kappa shape index (κ1) is 16.1. The molecule has 4 heteroatoms. The standard InChI is InChI=1S/C17H28N2O2/c1-4-5-8-15(19-12-10-18-11-13-19)14-7-6-9-16(20-2)17(14)21-3/h6-7,9,15,18H,4-5,8,10-13H2,1-3H3. The van der Waals surface area contributed by atoms with E-state index < -0.39 is 0 Å². The summed E-state index contributed by atoms with van der Waals surface area (Å²) in [5.41, 5.74) is 1.26. The van der Waals surface area contributed by atoms with Crippen LogP contribution in [0.3, 0.4) is 0 Å².